The number of nitrogens with one attached hydrogen (secondary N) is 1. The van der Waals surface area contributed by atoms with E-state index in [9.17, 15) is 9.18 Å². The molecule has 0 aromatic heterocycles. The third kappa shape index (κ3) is 3.28. The van der Waals surface area contributed by atoms with Crippen LogP contribution in [0.15, 0.2) is 18.2 Å². The van der Waals surface area contributed by atoms with Gasteiger partial charge in [0.05, 0.1) is 0 Å². The largest absolute Gasteiger partial charge is 0.351 e. The number of aryl methyl sites for hydroxylation is 1. The van der Waals surface area contributed by atoms with Crippen molar-refractivity contribution in [2.24, 2.45) is 5.92 Å². The van der Waals surface area contributed by atoms with Crippen LogP contribution in [0.25, 0.3) is 0 Å². The molecule has 17 heavy (non-hydrogen) atoms. The minimum atomic E-state index is -0.377. The first-order valence-electron chi connectivity index (χ1n) is 5.76. The van der Waals surface area contributed by atoms with Gasteiger partial charge in [0.1, 0.15) is 5.82 Å². The Kier molecular flexibility index (Phi) is 3.82. The van der Waals surface area contributed by atoms with Gasteiger partial charge in [-0.05, 0) is 43.4 Å². The summed E-state index contributed by atoms with van der Waals surface area (Å²) in [4.78, 5) is 12.2. The van der Waals surface area contributed by atoms with Gasteiger partial charge >= 0.3 is 0 Å². The Labute approximate surface area is 109 Å². The van der Waals surface area contributed by atoms with E-state index in [0.717, 1.165) is 5.56 Å². The van der Waals surface area contributed by atoms with Crippen molar-refractivity contribution in [3.8, 4) is 0 Å². The molecule has 1 aliphatic rings. The number of carbonyl (C=O) groups is 1. The van der Waals surface area contributed by atoms with Crippen molar-refractivity contribution in [3.05, 3.63) is 35.1 Å². The van der Waals surface area contributed by atoms with E-state index >= 15 is 0 Å². The van der Waals surface area contributed by atoms with E-state index in [0.29, 0.717) is 22.9 Å². The van der Waals surface area contributed by atoms with Crippen LogP contribution in [0.3, 0.4) is 0 Å². The van der Waals surface area contributed by atoms with Gasteiger partial charge in [-0.25, -0.2) is 4.39 Å². The summed E-state index contributed by atoms with van der Waals surface area (Å²) in [5.41, 5.74) is 1.21. The van der Waals surface area contributed by atoms with Crippen molar-refractivity contribution in [1.29, 1.82) is 0 Å². The average Bonchev–Trinajstić information content (AvgIpc) is 3.12. The molecular weight excluding hydrogens is 285 g/mol. The van der Waals surface area contributed by atoms with Gasteiger partial charge in [0.15, 0.2) is 0 Å². The SMILES string of the molecule is Cc1ccc(F)cc1C(=O)NCC(Br)C1CC1. The summed E-state index contributed by atoms with van der Waals surface area (Å²) in [5.74, 6) is 0.106. The number of hydrogen-bond donors (Lipinski definition) is 1. The molecule has 1 N–H and O–H groups in total. The fraction of sp³-hybridized carbons (Fsp3) is 0.462. The number of amides is 1. The smallest absolute Gasteiger partial charge is 0.251 e. The van der Waals surface area contributed by atoms with Crippen LogP contribution >= 0.6 is 15.9 Å². The Morgan fingerprint density at radius 1 is 1.59 bits per heavy atom. The van der Waals surface area contributed by atoms with E-state index in [1.807, 2.05) is 0 Å². The number of alkyl halides is 1. The van der Waals surface area contributed by atoms with Gasteiger partial charge in [0.25, 0.3) is 5.91 Å². The Morgan fingerprint density at radius 3 is 2.94 bits per heavy atom. The van der Waals surface area contributed by atoms with Gasteiger partial charge in [-0.15, -0.1) is 0 Å². The zero-order valence-electron chi connectivity index (χ0n) is 9.67. The van der Waals surface area contributed by atoms with Gasteiger partial charge in [0.2, 0.25) is 0 Å². The molecular formula is C13H15BrFNO. The highest BCUT2D eigenvalue weighted by Gasteiger charge is 2.29. The zero-order valence-corrected chi connectivity index (χ0v) is 11.3. The molecule has 1 unspecified atom stereocenters. The highest BCUT2D eigenvalue weighted by atomic mass is 79.9. The van der Waals surface area contributed by atoms with Gasteiger partial charge in [-0.3, -0.25) is 4.79 Å². The second kappa shape index (κ2) is 5.17. The number of hydrogen-bond acceptors (Lipinski definition) is 1. The van der Waals surface area contributed by atoms with Crippen molar-refractivity contribution >= 4 is 21.8 Å². The first kappa shape index (κ1) is 12.6. The molecule has 0 radical (unpaired) electrons. The fourth-order valence-corrected chi connectivity index (χ4v) is 2.44. The molecule has 2 rings (SSSR count). The summed E-state index contributed by atoms with van der Waals surface area (Å²) >= 11 is 3.55. The molecule has 1 aliphatic carbocycles. The highest BCUT2D eigenvalue weighted by Crippen LogP contribution is 2.36. The summed E-state index contributed by atoms with van der Waals surface area (Å²) < 4.78 is 13.1. The molecule has 92 valence electrons. The standard InChI is InChI=1S/C13H15BrFNO/c1-8-2-5-10(15)6-11(8)13(17)16-7-12(14)9-3-4-9/h2,5-6,9,12H,3-4,7H2,1H3,(H,16,17). The first-order chi connectivity index (χ1) is 8.08. The second-order valence-corrected chi connectivity index (χ2v) is 5.70. The Hall–Kier alpha value is -0.900. The molecule has 1 amide bonds. The lowest BCUT2D eigenvalue weighted by atomic mass is 10.1. The summed E-state index contributed by atoms with van der Waals surface area (Å²) in [6, 6.07) is 4.27. The molecule has 0 heterocycles. The van der Waals surface area contributed by atoms with Crippen molar-refractivity contribution in [2.75, 3.05) is 6.54 Å². The summed E-state index contributed by atoms with van der Waals surface area (Å²) in [6.07, 6.45) is 2.45. The van der Waals surface area contributed by atoms with Crippen molar-refractivity contribution < 1.29 is 9.18 Å². The third-order valence-corrected chi connectivity index (χ3v) is 4.11. The van der Waals surface area contributed by atoms with Gasteiger partial charge in [-0.1, -0.05) is 22.0 Å². The zero-order chi connectivity index (χ0) is 12.4. The van der Waals surface area contributed by atoms with Crippen LogP contribution in [0.2, 0.25) is 0 Å². The molecule has 1 atom stereocenters. The van der Waals surface area contributed by atoms with Crippen LogP contribution < -0.4 is 5.32 Å². The molecule has 4 heteroatoms. The maximum Gasteiger partial charge on any atom is 0.251 e. The van der Waals surface area contributed by atoms with Crippen LogP contribution in [0, 0.1) is 18.7 Å². The topological polar surface area (TPSA) is 29.1 Å². The number of carbonyl (C=O) groups excluding carboxylic acids is 1. The maximum atomic E-state index is 13.1. The van der Waals surface area contributed by atoms with Crippen molar-refractivity contribution in [2.45, 2.75) is 24.6 Å². The third-order valence-electron chi connectivity index (χ3n) is 3.04. The number of benzene rings is 1. The van der Waals surface area contributed by atoms with Crippen LogP contribution in [0.1, 0.15) is 28.8 Å². The van der Waals surface area contributed by atoms with E-state index < -0.39 is 0 Å². The molecule has 0 saturated heterocycles. The van der Waals surface area contributed by atoms with E-state index in [2.05, 4.69) is 21.2 Å². The lowest BCUT2D eigenvalue weighted by Gasteiger charge is -2.11. The van der Waals surface area contributed by atoms with Crippen LogP contribution in [0.4, 0.5) is 4.39 Å². The fourth-order valence-electron chi connectivity index (χ4n) is 1.75. The van der Waals surface area contributed by atoms with Crippen molar-refractivity contribution in [1.82, 2.24) is 5.32 Å². The molecule has 0 aliphatic heterocycles. The Morgan fingerprint density at radius 2 is 2.29 bits per heavy atom. The molecule has 1 aromatic carbocycles. The molecule has 0 bridgehead atoms. The normalized spacial score (nSPS) is 16.6. The average molecular weight is 300 g/mol. The van der Waals surface area contributed by atoms with E-state index in [4.69, 9.17) is 0 Å². The van der Waals surface area contributed by atoms with Crippen LogP contribution in [-0.2, 0) is 0 Å². The molecule has 1 saturated carbocycles. The second-order valence-electron chi connectivity index (χ2n) is 4.52. The Balaban J connectivity index is 1.96. The number of halogens is 2. The monoisotopic (exact) mass is 299 g/mol. The summed E-state index contributed by atoms with van der Waals surface area (Å²) in [6.45, 7) is 2.40. The van der Waals surface area contributed by atoms with E-state index in [1.165, 1.54) is 25.0 Å². The molecule has 2 nitrogen and oxygen atoms in total. The lowest BCUT2D eigenvalue weighted by molar-refractivity contribution is 0.0952. The van der Waals surface area contributed by atoms with E-state index in [1.54, 1.807) is 13.0 Å². The molecule has 1 aromatic rings. The predicted molar refractivity (Wildman–Crippen MR) is 68.9 cm³/mol. The maximum absolute atomic E-state index is 13.1. The van der Waals surface area contributed by atoms with Gasteiger partial charge in [-0.2, -0.15) is 0 Å². The molecule has 1 fully saturated rings. The van der Waals surface area contributed by atoms with Gasteiger partial charge in [0, 0.05) is 16.9 Å². The summed E-state index contributed by atoms with van der Waals surface area (Å²) in [7, 11) is 0. The minimum absolute atomic E-state index is 0.202. The highest BCUT2D eigenvalue weighted by molar-refractivity contribution is 9.09. The predicted octanol–water partition coefficient (Wildman–Crippen LogP) is 3.04. The lowest BCUT2D eigenvalue weighted by Crippen LogP contribution is -2.30. The summed E-state index contributed by atoms with van der Waals surface area (Å²) in [5, 5.41) is 2.84. The van der Waals surface area contributed by atoms with Crippen LogP contribution in [-0.4, -0.2) is 17.3 Å². The minimum Gasteiger partial charge on any atom is -0.351 e. The van der Waals surface area contributed by atoms with Crippen LogP contribution in [0.5, 0.6) is 0 Å². The Bertz CT molecular complexity index is 431. The molecule has 0 spiro atoms. The van der Waals surface area contributed by atoms with Gasteiger partial charge < -0.3 is 5.32 Å². The number of rotatable bonds is 4. The first-order valence-corrected chi connectivity index (χ1v) is 6.68. The van der Waals surface area contributed by atoms with E-state index in [-0.39, 0.29) is 11.7 Å². The van der Waals surface area contributed by atoms with Crippen molar-refractivity contribution in [3.63, 3.8) is 0 Å². The quantitative estimate of drug-likeness (QED) is 0.851.